The smallest absolute Gasteiger partial charge is 0.306 e. The van der Waals surface area contributed by atoms with E-state index in [0.29, 0.717) is 19.3 Å². The number of rotatable bonds is 63. The second-order valence-corrected chi connectivity index (χ2v) is 23.0. The molecule has 0 radical (unpaired) electrons. The summed E-state index contributed by atoms with van der Waals surface area (Å²) < 4.78 is 17.0. The molecule has 1 atom stereocenters. The maximum Gasteiger partial charge on any atom is 0.306 e. The van der Waals surface area contributed by atoms with Gasteiger partial charge in [-0.15, -0.1) is 0 Å². The van der Waals surface area contributed by atoms with Crippen LogP contribution in [-0.4, -0.2) is 37.2 Å². The van der Waals surface area contributed by atoms with E-state index in [2.05, 4.69) is 142 Å². The summed E-state index contributed by atoms with van der Waals surface area (Å²) in [6, 6.07) is 0. The molecule has 0 aromatic heterocycles. The van der Waals surface area contributed by atoms with Crippen LogP contribution in [0.15, 0.2) is 122 Å². The molecule has 0 amide bonds. The number of allylic oxidation sites excluding steroid dienone is 20. The van der Waals surface area contributed by atoms with E-state index in [4.69, 9.17) is 14.2 Å². The molecular formula is C77H130O6. The quantitative estimate of drug-likeness (QED) is 0.0261. The molecule has 0 rings (SSSR count). The number of carbonyl (C=O) groups excluding carboxylic acids is 3. The van der Waals surface area contributed by atoms with Crippen molar-refractivity contribution < 1.29 is 28.6 Å². The van der Waals surface area contributed by atoms with Crippen LogP contribution >= 0.6 is 0 Å². The van der Waals surface area contributed by atoms with Crippen LogP contribution in [0.5, 0.6) is 0 Å². The number of hydrogen-bond acceptors (Lipinski definition) is 6. The van der Waals surface area contributed by atoms with Gasteiger partial charge in [-0.2, -0.15) is 0 Å². The third-order valence-electron chi connectivity index (χ3n) is 15.0. The summed E-state index contributed by atoms with van der Waals surface area (Å²) in [7, 11) is 0. The summed E-state index contributed by atoms with van der Waals surface area (Å²) in [5, 5.41) is 0. The average Bonchev–Trinajstić information content (AvgIpc) is 3.49. The highest BCUT2D eigenvalue weighted by Crippen LogP contribution is 2.17. The molecule has 1 unspecified atom stereocenters. The van der Waals surface area contributed by atoms with Crippen molar-refractivity contribution in [3.8, 4) is 0 Å². The topological polar surface area (TPSA) is 78.9 Å². The summed E-state index contributed by atoms with van der Waals surface area (Å²) in [6.07, 6.45) is 97.9. The van der Waals surface area contributed by atoms with Gasteiger partial charge in [-0.3, -0.25) is 14.4 Å². The molecule has 0 spiro atoms. The second kappa shape index (κ2) is 70.3. The third kappa shape index (κ3) is 68.5. The summed E-state index contributed by atoms with van der Waals surface area (Å²) in [5.74, 6) is -0.881. The Hall–Kier alpha value is -4.19. The lowest BCUT2D eigenvalue weighted by Crippen LogP contribution is -2.30. The fourth-order valence-electron chi connectivity index (χ4n) is 9.79. The van der Waals surface area contributed by atoms with Crippen LogP contribution in [-0.2, 0) is 28.6 Å². The van der Waals surface area contributed by atoms with Gasteiger partial charge in [-0.05, 0) is 109 Å². The lowest BCUT2D eigenvalue weighted by atomic mass is 10.0. The molecule has 474 valence electrons. The van der Waals surface area contributed by atoms with Crippen molar-refractivity contribution in [2.75, 3.05) is 13.2 Å². The van der Waals surface area contributed by atoms with Gasteiger partial charge in [0.25, 0.3) is 0 Å². The van der Waals surface area contributed by atoms with E-state index in [1.165, 1.54) is 161 Å². The van der Waals surface area contributed by atoms with E-state index >= 15 is 0 Å². The largest absolute Gasteiger partial charge is 0.462 e. The number of ether oxygens (including phenoxy) is 3. The first-order chi connectivity index (χ1) is 41.0. The zero-order chi connectivity index (χ0) is 59.9. The first kappa shape index (κ1) is 78.8. The van der Waals surface area contributed by atoms with Crippen molar-refractivity contribution in [3.63, 3.8) is 0 Å². The first-order valence-electron chi connectivity index (χ1n) is 35.0. The average molecular weight is 1150 g/mol. The second-order valence-electron chi connectivity index (χ2n) is 23.0. The lowest BCUT2D eigenvalue weighted by Gasteiger charge is -2.18. The van der Waals surface area contributed by atoms with Crippen LogP contribution in [0.3, 0.4) is 0 Å². The van der Waals surface area contributed by atoms with Crippen molar-refractivity contribution in [2.45, 2.75) is 335 Å². The van der Waals surface area contributed by atoms with Gasteiger partial charge in [0, 0.05) is 19.3 Å². The van der Waals surface area contributed by atoms with E-state index in [1.54, 1.807) is 0 Å². The van der Waals surface area contributed by atoms with Gasteiger partial charge in [0.2, 0.25) is 0 Å². The molecule has 0 aromatic carbocycles. The number of hydrogen-bond donors (Lipinski definition) is 0. The van der Waals surface area contributed by atoms with E-state index in [-0.39, 0.29) is 31.1 Å². The summed E-state index contributed by atoms with van der Waals surface area (Å²) in [4.78, 5) is 38.4. The third-order valence-corrected chi connectivity index (χ3v) is 15.0. The van der Waals surface area contributed by atoms with Crippen LogP contribution < -0.4 is 0 Å². The minimum Gasteiger partial charge on any atom is -0.462 e. The van der Waals surface area contributed by atoms with Crippen LogP contribution in [0.2, 0.25) is 0 Å². The highest BCUT2D eigenvalue weighted by Gasteiger charge is 2.19. The Morgan fingerprint density at radius 1 is 0.253 bits per heavy atom. The zero-order valence-electron chi connectivity index (χ0n) is 54.4. The molecule has 0 aromatic rings. The van der Waals surface area contributed by atoms with Crippen LogP contribution in [0.1, 0.15) is 329 Å². The minimum atomic E-state index is -0.786. The maximum atomic E-state index is 12.9. The fourth-order valence-corrected chi connectivity index (χ4v) is 9.79. The van der Waals surface area contributed by atoms with E-state index in [1.807, 2.05) is 0 Å². The van der Waals surface area contributed by atoms with Gasteiger partial charge in [0.15, 0.2) is 6.10 Å². The minimum absolute atomic E-state index is 0.0806. The van der Waals surface area contributed by atoms with Gasteiger partial charge in [-0.25, -0.2) is 0 Å². The normalized spacial score (nSPS) is 12.9. The summed E-state index contributed by atoms with van der Waals surface area (Å²) in [5.41, 5.74) is 0. The fraction of sp³-hybridized carbons (Fsp3) is 0.701. The summed E-state index contributed by atoms with van der Waals surface area (Å²) >= 11 is 0. The number of carbonyl (C=O) groups is 3. The number of esters is 3. The Bertz CT molecular complexity index is 1700. The van der Waals surface area contributed by atoms with Crippen molar-refractivity contribution in [2.24, 2.45) is 0 Å². The highest BCUT2D eigenvalue weighted by molar-refractivity contribution is 5.71. The molecule has 6 heteroatoms. The first-order valence-corrected chi connectivity index (χ1v) is 35.0. The Labute approximate surface area is 513 Å². The molecule has 0 aliphatic carbocycles. The van der Waals surface area contributed by atoms with Crippen LogP contribution in [0.4, 0.5) is 0 Å². The SMILES string of the molecule is CC/C=C\C/C=C\C/C=C\C/C=C\C/C=C\C/C=C\C/C=C\CCCCCCCCCCCCCC(=O)OCC(COC(=O)CCCCCCCCCCCCCCCCC)OC(=O)CCCCCCCCC/C=C\C/C=C\C/C=C\CC. The van der Waals surface area contributed by atoms with Crippen molar-refractivity contribution in [1.29, 1.82) is 0 Å². The molecule has 0 bridgehead atoms. The molecular weight excluding hydrogens is 1020 g/mol. The number of unbranched alkanes of at least 4 members (excludes halogenated alkanes) is 32. The monoisotopic (exact) mass is 1150 g/mol. The molecule has 0 aliphatic rings. The van der Waals surface area contributed by atoms with E-state index in [0.717, 1.165) is 128 Å². The molecule has 0 saturated carbocycles. The van der Waals surface area contributed by atoms with Crippen molar-refractivity contribution >= 4 is 17.9 Å². The predicted octanol–water partition coefficient (Wildman–Crippen LogP) is 24.3. The van der Waals surface area contributed by atoms with Crippen molar-refractivity contribution in [3.05, 3.63) is 122 Å². The molecule has 0 heterocycles. The standard InChI is InChI=1S/C77H130O6/c1-4-7-10-13-16-19-22-25-28-30-31-32-33-34-35-36-37-38-39-40-41-42-43-44-45-47-49-52-55-58-61-64-67-70-76(79)82-73-74(72-81-75(78)69-66-63-60-57-54-51-48-27-24-21-18-15-12-9-6-3)83-77(80)71-68-65-62-59-56-53-50-46-29-26-23-20-17-14-11-8-5-2/h7-8,10-11,16-17,19-20,25-26,28-29,31-32,34-35,37-38,40-41,74H,4-6,9,12-15,18,21-24,27,30,33,36,39,42-73H2,1-3H3/b10-7-,11-8-,19-16-,20-17-,28-25-,29-26-,32-31-,35-34-,38-37-,41-40-. The Kier molecular flexibility index (Phi) is 66.7. The molecule has 6 nitrogen and oxygen atoms in total. The Morgan fingerprint density at radius 3 is 0.735 bits per heavy atom. The molecule has 83 heavy (non-hydrogen) atoms. The van der Waals surface area contributed by atoms with E-state index in [9.17, 15) is 14.4 Å². The molecule has 0 N–H and O–H groups in total. The molecule has 0 aliphatic heterocycles. The van der Waals surface area contributed by atoms with Gasteiger partial charge in [0.1, 0.15) is 13.2 Å². The molecule has 0 fully saturated rings. The maximum absolute atomic E-state index is 12.9. The predicted molar refractivity (Wildman–Crippen MR) is 362 cm³/mol. The van der Waals surface area contributed by atoms with E-state index < -0.39 is 6.10 Å². The van der Waals surface area contributed by atoms with Crippen LogP contribution in [0, 0.1) is 0 Å². The zero-order valence-corrected chi connectivity index (χ0v) is 54.4. The Morgan fingerprint density at radius 2 is 0.470 bits per heavy atom. The van der Waals surface area contributed by atoms with Gasteiger partial charge < -0.3 is 14.2 Å². The lowest BCUT2D eigenvalue weighted by molar-refractivity contribution is -0.167. The van der Waals surface area contributed by atoms with Crippen molar-refractivity contribution in [1.82, 2.24) is 0 Å². The van der Waals surface area contributed by atoms with Gasteiger partial charge in [0.05, 0.1) is 0 Å². The van der Waals surface area contributed by atoms with Crippen LogP contribution in [0.25, 0.3) is 0 Å². The van der Waals surface area contributed by atoms with Gasteiger partial charge in [-0.1, -0.05) is 322 Å². The summed E-state index contributed by atoms with van der Waals surface area (Å²) in [6.45, 7) is 6.44. The highest BCUT2D eigenvalue weighted by atomic mass is 16.6. The van der Waals surface area contributed by atoms with Gasteiger partial charge >= 0.3 is 17.9 Å². The molecule has 0 saturated heterocycles. The Balaban J connectivity index is 4.27.